The number of ether oxygens (including phenoxy) is 2. The normalized spacial score (nSPS) is 20.6. The molecule has 1 aromatic rings. The molecule has 0 bridgehead atoms. The molecule has 1 saturated carbocycles. The van der Waals surface area contributed by atoms with Crippen LogP contribution >= 0.6 is 15.9 Å². The van der Waals surface area contributed by atoms with Gasteiger partial charge in [-0.3, -0.25) is 0 Å². The van der Waals surface area contributed by atoms with Crippen LogP contribution in [-0.4, -0.2) is 13.2 Å². The molecule has 0 atom stereocenters. The molecule has 0 amide bonds. The number of fused-ring (bicyclic) bond motifs is 1. The first-order chi connectivity index (χ1) is 7.72. The van der Waals surface area contributed by atoms with Crippen LogP contribution in [0.5, 0.6) is 11.5 Å². The summed E-state index contributed by atoms with van der Waals surface area (Å²) in [4.78, 5) is 0. The summed E-state index contributed by atoms with van der Waals surface area (Å²) in [6, 6.07) is 3.93. The van der Waals surface area contributed by atoms with E-state index in [-0.39, 0.29) is 5.41 Å². The Hall–Kier alpha value is -0.740. The second kappa shape index (κ2) is 3.64. The van der Waals surface area contributed by atoms with Crippen molar-refractivity contribution < 1.29 is 9.47 Å². The zero-order valence-electron chi connectivity index (χ0n) is 8.96. The van der Waals surface area contributed by atoms with Crippen LogP contribution in [0.4, 0.5) is 0 Å². The highest BCUT2D eigenvalue weighted by molar-refractivity contribution is 9.10. The van der Waals surface area contributed by atoms with E-state index in [4.69, 9.17) is 15.2 Å². The molecule has 1 aromatic carbocycles. The monoisotopic (exact) mass is 283 g/mol. The van der Waals surface area contributed by atoms with Crippen LogP contribution in [0.1, 0.15) is 18.4 Å². The summed E-state index contributed by atoms with van der Waals surface area (Å²) < 4.78 is 12.6. The molecule has 3 nitrogen and oxygen atoms in total. The fourth-order valence-corrected chi connectivity index (χ4v) is 2.41. The minimum atomic E-state index is 0.286. The van der Waals surface area contributed by atoms with Gasteiger partial charge in [0.25, 0.3) is 0 Å². The lowest BCUT2D eigenvalue weighted by molar-refractivity contribution is 0.197. The second-order valence-corrected chi connectivity index (χ2v) is 5.53. The number of rotatable bonds is 1. The minimum Gasteiger partial charge on any atom is -0.489 e. The molecular weight excluding hydrogens is 270 g/mol. The average Bonchev–Trinajstić information content (AvgIpc) is 3.07. The van der Waals surface area contributed by atoms with Gasteiger partial charge in [0, 0.05) is 16.4 Å². The summed E-state index contributed by atoms with van der Waals surface area (Å²) in [6.07, 6.45) is 2.43. The molecule has 1 spiro atoms. The summed E-state index contributed by atoms with van der Waals surface area (Å²) in [5.41, 5.74) is 7.00. The summed E-state index contributed by atoms with van der Waals surface area (Å²) in [7, 11) is 0. The lowest BCUT2D eigenvalue weighted by atomic mass is 10.1. The summed E-state index contributed by atoms with van der Waals surface area (Å²) >= 11 is 3.49. The largest absolute Gasteiger partial charge is 0.489 e. The lowest BCUT2D eigenvalue weighted by Crippen LogP contribution is -2.17. The Morgan fingerprint density at radius 1 is 1.19 bits per heavy atom. The Labute approximate surface area is 103 Å². The van der Waals surface area contributed by atoms with Gasteiger partial charge in [0.1, 0.15) is 0 Å². The lowest BCUT2D eigenvalue weighted by Gasteiger charge is -2.10. The number of hydrogen-bond donors (Lipinski definition) is 1. The fraction of sp³-hybridized carbons (Fsp3) is 0.500. The molecule has 16 heavy (non-hydrogen) atoms. The highest BCUT2D eigenvalue weighted by atomic mass is 79.9. The van der Waals surface area contributed by atoms with Crippen molar-refractivity contribution in [3.8, 4) is 11.5 Å². The molecule has 1 heterocycles. The summed E-state index contributed by atoms with van der Waals surface area (Å²) in [5, 5.41) is 0. The first-order valence-corrected chi connectivity index (χ1v) is 6.30. The Balaban J connectivity index is 1.94. The van der Waals surface area contributed by atoms with E-state index >= 15 is 0 Å². The topological polar surface area (TPSA) is 44.5 Å². The van der Waals surface area contributed by atoms with E-state index in [2.05, 4.69) is 15.9 Å². The first-order valence-electron chi connectivity index (χ1n) is 5.51. The molecule has 1 aliphatic carbocycles. The van der Waals surface area contributed by atoms with Gasteiger partial charge in [0.2, 0.25) is 0 Å². The van der Waals surface area contributed by atoms with Gasteiger partial charge in [-0.2, -0.15) is 0 Å². The van der Waals surface area contributed by atoms with E-state index in [9.17, 15) is 0 Å². The van der Waals surface area contributed by atoms with Crippen molar-refractivity contribution >= 4 is 15.9 Å². The first kappa shape index (κ1) is 10.4. The Kier molecular flexibility index (Phi) is 2.37. The molecule has 3 rings (SSSR count). The molecule has 2 N–H and O–H groups in total. The van der Waals surface area contributed by atoms with E-state index in [1.165, 1.54) is 12.8 Å². The maximum atomic E-state index is 5.82. The second-order valence-electron chi connectivity index (χ2n) is 4.67. The van der Waals surface area contributed by atoms with Gasteiger partial charge < -0.3 is 15.2 Å². The van der Waals surface area contributed by atoms with Gasteiger partial charge in [-0.25, -0.2) is 0 Å². The molecular formula is C12H14BrNO2. The highest BCUT2D eigenvalue weighted by Crippen LogP contribution is 2.49. The number of halogens is 1. The molecule has 1 aliphatic heterocycles. The molecule has 0 aromatic heterocycles. The molecule has 1 fully saturated rings. The van der Waals surface area contributed by atoms with E-state index in [1.807, 2.05) is 12.1 Å². The molecule has 2 aliphatic rings. The van der Waals surface area contributed by atoms with E-state index < -0.39 is 0 Å². The van der Waals surface area contributed by atoms with Gasteiger partial charge in [0.15, 0.2) is 11.5 Å². The summed E-state index contributed by atoms with van der Waals surface area (Å²) in [5.74, 6) is 1.65. The van der Waals surface area contributed by atoms with Gasteiger partial charge in [-0.05, 0) is 30.5 Å². The molecule has 0 unspecified atom stereocenters. The van der Waals surface area contributed by atoms with Gasteiger partial charge >= 0.3 is 0 Å². The van der Waals surface area contributed by atoms with Crippen LogP contribution in [0, 0.1) is 5.41 Å². The Morgan fingerprint density at radius 3 is 2.38 bits per heavy atom. The van der Waals surface area contributed by atoms with Crippen molar-refractivity contribution in [3.05, 3.63) is 22.2 Å². The van der Waals surface area contributed by atoms with Crippen LogP contribution in [0.25, 0.3) is 0 Å². The van der Waals surface area contributed by atoms with Crippen molar-refractivity contribution in [3.63, 3.8) is 0 Å². The standard InChI is InChI=1S/C12H14BrNO2/c13-9-4-11-10(3-8(9)5-14)15-6-12(1-2-12)7-16-11/h3-4H,1-2,5-7,14H2. The SMILES string of the molecule is NCc1cc2c(cc1Br)OCC1(CC1)CO2. The van der Waals surface area contributed by atoms with Crippen LogP contribution in [0.15, 0.2) is 16.6 Å². The quantitative estimate of drug-likeness (QED) is 0.861. The van der Waals surface area contributed by atoms with Crippen molar-refractivity contribution in [1.82, 2.24) is 0 Å². The molecule has 4 heteroatoms. The zero-order chi connectivity index (χ0) is 11.2. The van der Waals surface area contributed by atoms with E-state index in [0.29, 0.717) is 6.54 Å². The molecule has 0 radical (unpaired) electrons. The van der Waals surface area contributed by atoms with Crippen molar-refractivity contribution in [2.24, 2.45) is 11.1 Å². The van der Waals surface area contributed by atoms with E-state index in [1.54, 1.807) is 0 Å². The predicted molar refractivity (Wildman–Crippen MR) is 64.7 cm³/mol. The number of hydrogen-bond acceptors (Lipinski definition) is 3. The van der Waals surface area contributed by atoms with Gasteiger partial charge in [0.05, 0.1) is 13.2 Å². The maximum absolute atomic E-state index is 5.82. The minimum absolute atomic E-state index is 0.286. The maximum Gasteiger partial charge on any atom is 0.162 e. The Morgan fingerprint density at radius 2 is 1.81 bits per heavy atom. The van der Waals surface area contributed by atoms with Crippen molar-refractivity contribution in [1.29, 1.82) is 0 Å². The Bertz CT molecular complexity index is 429. The van der Waals surface area contributed by atoms with Crippen LogP contribution in [-0.2, 0) is 6.54 Å². The average molecular weight is 284 g/mol. The van der Waals surface area contributed by atoms with Crippen LogP contribution in [0.3, 0.4) is 0 Å². The third-order valence-electron chi connectivity index (χ3n) is 3.36. The molecule has 86 valence electrons. The zero-order valence-corrected chi connectivity index (χ0v) is 10.5. The van der Waals surface area contributed by atoms with Crippen LogP contribution in [0.2, 0.25) is 0 Å². The van der Waals surface area contributed by atoms with E-state index in [0.717, 1.165) is 34.7 Å². The highest BCUT2D eigenvalue weighted by Gasteiger charge is 2.46. The van der Waals surface area contributed by atoms with Crippen molar-refractivity contribution in [2.45, 2.75) is 19.4 Å². The number of nitrogens with two attached hydrogens (primary N) is 1. The predicted octanol–water partition coefficient (Wildman–Crippen LogP) is 2.46. The third-order valence-corrected chi connectivity index (χ3v) is 4.10. The third kappa shape index (κ3) is 1.70. The van der Waals surface area contributed by atoms with Crippen molar-refractivity contribution in [2.75, 3.05) is 13.2 Å². The summed E-state index contributed by atoms with van der Waals surface area (Å²) in [6.45, 7) is 2.04. The molecule has 0 saturated heterocycles. The van der Waals surface area contributed by atoms with Gasteiger partial charge in [-0.15, -0.1) is 0 Å². The smallest absolute Gasteiger partial charge is 0.162 e. The van der Waals surface area contributed by atoms with Gasteiger partial charge in [-0.1, -0.05) is 15.9 Å². The number of benzene rings is 1. The van der Waals surface area contributed by atoms with Crippen LogP contribution < -0.4 is 15.2 Å². The fourth-order valence-electron chi connectivity index (χ4n) is 1.93.